The minimum atomic E-state index is -0.226. The molecule has 0 saturated carbocycles. The quantitative estimate of drug-likeness (QED) is 0.0517. The van der Waals surface area contributed by atoms with E-state index in [2.05, 4.69) is 109 Å². The Labute approximate surface area is 322 Å². The van der Waals surface area contributed by atoms with Gasteiger partial charge in [-0.05, 0) is 108 Å². The minimum absolute atomic E-state index is 0. The number of pyridine rings is 1. The smallest absolute Gasteiger partial charge is 0.325 e. The molecule has 3 nitrogen and oxygen atoms in total. The minimum Gasteiger partial charge on any atom is -0.511 e. The molecule has 1 radical (unpaired) electrons. The van der Waals surface area contributed by atoms with Gasteiger partial charge in [-0.25, -0.2) is 4.39 Å². The van der Waals surface area contributed by atoms with Gasteiger partial charge >= 0.3 is 5.78 Å². The first-order valence-corrected chi connectivity index (χ1v) is 18.3. The summed E-state index contributed by atoms with van der Waals surface area (Å²) in [4.78, 5) is 15.0. The van der Waals surface area contributed by atoms with E-state index in [1.165, 1.54) is 28.3 Å². The van der Waals surface area contributed by atoms with Crippen molar-refractivity contribution in [3.05, 3.63) is 125 Å². The Bertz CT molecular complexity index is 2240. The van der Waals surface area contributed by atoms with E-state index in [9.17, 15) is 14.3 Å². The van der Waals surface area contributed by atoms with E-state index in [-0.39, 0.29) is 36.8 Å². The topological polar surface area (TPSA) is 54.5 Å². The van der Waals surface area contributed by atoms with Crippen molar-refractivity contribution in [1.29, 1.82) is 0 Å². The fourth-order valence-electron chi connectivity index (χ4n) is 6.85. The average Bonchev–Trinajstić information content (AvgIpc) is 3.12. The number of allylic oxidation sites excluding steroid dienone is 2. The van der Waals surface area contributed by atoms with Gasteiger partial charge < -0.3 is 10.1 Å². The zero-order valence-corrected chi connectivity index (χ0v) is 34.4. The third-order valence-corrected chi connectivity index (χ3v) is 11.2. The summed E-state index contributed by atoms with van der Waals surface area (Å²) in [5.74, 6) is 0.384. The molecule has 0 unspecified atom stereocenters. The van der Waals surface area contributed by atoms with Crippen molar-refractivity contribution in [3.63, 3.8) is 0 Å². The number of fused-ring (bicyclic) bond motifs is 5. The van der Waals surface area contributed by atoms with Crippen LogP contribution in [0.4, 0.5) is 4.39 Å². The van der Waals surface area contributed by atoms with Crippen molar-refractivity contribution >= 4 is 38.1 Å². The Morgan fingerprint density at radius 1 is 0.712 bits per heavy atom. The van der Waals surface area contributed by atoms with Crippen molar-refractivity contribution in [2.75, 3.05) is 0 Å². The molecule has 0 amide bonds. The van der Waals surface area contributed by atoms with E-state index in [0.29, 0.717) is 11.5 Å². The maximum Gasteiger partial charge on any atom is 0.325 e. The number of carbonyl (C=O) groups excluding carboxylic acids is 1. The van der Waals surface area contributed by atoms with Crippen LogP contribution >= 0.6 is 0 Å². The fourth-order valence-corrected chi connectivity index (χ4v) is 6.85. The summed E-state index contributed by atoms with van der Waals surface area (Å²) >= 11 is 0. The number of benzene rings is 5. The van der Waals surface area contributed by atoms with Gasteiger partial charge in [-0.1, -0.05) is 101 Å². The van der Waals surface area contributed by atoms with Gasteiger partial charge in [-0.3, -0.25) is 4.79 Å². The number of rotatable bonds is 9. The van der Waals surface area contributed by atoms with Crippen molar-refractivity contribution in [1.82, 2.24) is 4.98 Å². The summed E-state index contributed by atoms with van der Waals surface area (Å²) in [5.41, 5.74) is 7.43. The van der Waals surface area contributed by atoms with Crippen molar-refractivity contribution in [2.45, 2.75) is 88.0 Å². The van der Waals surface area contributed by atoms with Crippen LogP contribution in [0.2, 0.25) is 0 Å². The predicted molar refractivity (Wildman–Crippen MR) is 216 cm³/mol. The largest absolute Gasteiger partial charge is 0.511 e. The Hall–Kier alpha value is -4.18. The third-order valence-electron chi connectivity index (χ3n) is 11.2. The Balaban J connectivity index is 0.000000289. The third kappa shape index (κ3) is 8.38. The molecule has 6 rings (SSSR count). The van der Waals surface area contributed by atoms with Gasteiger partial charge in [-0.15, -0.1) is 34.9 Å². The second-order valence-corrected chi connectivity index (χ2v) is 14.6. The van der Waals surface area contributed by atoms with Gasteiger partial charge in [-0.2, -0.15) is 0 Å². The van der Waals surface area contributed by atoms with Gasteiger partial charge in [0.15, 0.2) is 0 Å². The number of aryl methyl sites for hydroxylation is 3. The van der Waals surface area contributed by atoms with Gasteiger partial charge in [0.1, 0.15) is 11.6 Å². The standard InChI is InChI=1S/C32H23FN.C15H28O2.Ir/c1-19-12-20(2)14-23(13-19)24-15-21(3)16-25(17-24)32-31-9-8-28-27-7-5-26(33)18-22(27)4-6-29(28)30(31)10-11-34-32;1-7-14(5,8-2)12(16)11-13(17)15(6,9-3)10-4;/h4-15,17-18H,1-3H3;11,16H,7-10H2,1-6H3;/q-1;;/p+1/b;12-11-;. The van der Waals surface area contributed by atoms with Crippen LogP contribution < -0.4 is 0 Å². The second-order valence-electron chi connectivity index (χ2n) is 14.6. The van der Waals surface area contributed by atoms with Gasteiger partial charge in [0.05, 0.1) is 11.5 Å². The van der Waals surface area contributed by atoms with Crippen molar-refractivity contribution < 1.29 is 34.4 Å². The van der Waals surface area contributed by atoms with E-state index >= 15 is 0 Å². The molecular weight excluding hydrogens is 822 g/mol. The molecule has 0 aliphatic heterocycles. The molecule has 1 aromatic heterocycles. The average molecular weight is 874 g/mol. The summed E-state index contributed by atoms with van der Waals surface area (Å²) in [6.07, 6.45) is 6.92. The van der Waals surface area contributed by atoms with Crippen LogP contribution in [0, 0.1) is 43.5 Å². The number of ketones is 1. The molecule has 0 bridgehead atoms. The van der Waals surface area contributed by atoms with E-state index in [1.807, 2.05) is 32.2 Å². The monoisotopic (exact) mass is 874 g/mol. The first-order chi connectivity index (χ1) is 24.2. The molecule has 5 aromatic carbocycles. The van der Waals surface area contributed by atoms with E-state index < -0.39 is 0 Å². The summed E-state index contributed by atoms with van der Waals surface area (Å²) in [6, 6.07) is 30.0. The molecule has 2 N–H and O–H groups in total. The predicted octanol–water partition coefficient (Wildman–Crippen LogP) is 13.4. The van der Waals surface area contributed by atoms with Gasteiger partial charge in [0, 0.05) is 31.7 Å². The van der Waals surface area contributed by atoms with Crippen molar-refractivity contribution in [3.8, 4) is 22.4 Å². The first kappa shape index (κ1) is 40.6. The molecule has 0 saturated heterocycles. The molecule has 0 atom stereocenters. The van der Waals surface area contributed by atoms with E-state index in [0.717, 1.165) is 74.8 Å². The number of halogens is 1. The number of aliphatic hydroxyl groups is 1. The van der Waals surface area contributed by atoms with Gasteiger partial charge in [0.25, 0.3) is 0 Å². The number of aromatic nitrogens is 1. The van der Waals surface area contributed by atoms with Crippen LogP contribution in [0.5, 0.6) is 0 Å². The maximum atomic E-state index is 13.8. The molecule has 0 spiro atoms. The molecule has 52 heavy (non-hydrogen) atoms. The zero-order chi connectivity index (χ0) is 37.1. The number of hydrogen-bond acceptors (Lipinski definition) is 2. The number of nitrogens with zero attached hydrogens (tertiary/aromatic N) is 1. The number of aliphatic hydroxyl groups excluding tert-OH is 1. The van der Waals surface area contributed by atoms with Crippen LogP contribution in [0.25, 0.3) is 54.7 Å². The number of hydrogen-bond donors (Lipinski definition) is 1. The molecule has 6 aromatic rings. The summed E-state index contributed by atoms with van der Waals surface area (Å²) in [5, 5.41) is 16.6. The summed E-state index contributed by atoms with van der Waals surface area (Å²) in [7, 11) is 0. The normalized spacial score (nSPS) is 12.1. The zero-order valence-electron chi connectivity index (χ0n) is 32.0. The summed E-state index contributed by atoms with van der Waals surface area (Å²) in [6.45, 7) is 18.6. The van der Waals surface area contributed by atoms with Crippen molar-refractivity contribution in [2.24, 2.45) is 10.8 Å². The molecule has 1 heterocycles. The van der Waals surface area contributed by atoms with Crippen LogP contribution in [0.1, 0.15) is 83.9 Å². The SMILES string of the molecule is CCC(C)(CC)C(=[OH+])/C=C(\O)C(C)(CC)CC.Cc1[c-]c(-c2nccc3c2ccc2c4ccc(F)cc4ccc32)cc(-c2cc(C)cc(C)c2)c1.[Ir]. The van der Waals surface area contributed by atoms with Crippen LogP contribution in [-0.4, -0.2) is 20.7 Å². The Morgan fingerprint density at radius 2 is 1.25 bits per heavy atom. The molecule has 0 fully saturated rings. The van der Waals surface area contributed by atoms with Crippen LogP contribution in [-0.2, 0) is 20.1 Å². The van der Waals surface area contributed by atoms with Crippen LogP contribution in [0.3, 0.4) is 0 Å². The Kier molecular flexibility index (Phi) is 13.0. The molecule has 0 aliphatic rings. The maximum absolute atomic E-state index is 13.8. The van der Waals surface area contributed by atoms with E-state index in [4.69, 9.17) is 4.98 Å². The van der Waals surface area contributed by atoms with Crippen LogP contribution in [0.15, 0.2) is 96.9 Å². The summed E-state index contributed by atoms with van der Waals surface area (Å²) < 4.78 is 13.8. The first-order valence-electron chi connectivity index (χ1n) is 18.3. The van der Waals surface area contributed by atoms with E-state index in [1.54, 1.807) is 12.1 Å². The Morgan fingerprint density at radius 3 is 1.88 bits per heavy atom. The van der Waals surface area contributed by atoms with Gasteiger partial charge in [0.2, 0.25) is 0 Å². The second kappa shape index (κ2) is 16.7. The fraction of sp³-hybridized carbons (Fsp3) is 0.319. The molecular formula is C47H52FIrNO2. The molecule has 0 aliphatic carbocycles. The molecule has 5 heteroatoms. The molecule has 273 valence electrons.